The number of fused-ring (bicyclic) bond motifs is 1. The highest BCUT2D eigenvalue weighted by molar-refractivity contribution is 5.85. The van der Waals surface area contributed by atoms with Gasteiger partial charge in [0.15, 0.2) is 0 Å². The first-order chi connectivity index (χ1) is 8.25. The van der Waals surface area contributed by atoms with Gasteiger partial charge >= 0.3 is 6.09 Å². The van der Waals surface area contributed by atoms with Gasteiger partial charge in [0.05, 0.1) is 0 Å². The summed E-state index contributed by atoms with van der Waals surface area (Å²) in [5.41, 5.74) is 1.30. The van der Waals surface area contributed by atoms with Crippen molar-refractivity contribution in [1.82, 2.24) is 10.6 Å². The standard InChI is InChI=1S/C13H16N2O2.ClH/c16-12(17)15-8-13(9-4-2-1-3-5-9)10-6-14-7-11(10)13;/h1-5,10-11,14-15H,6-8H2,(H,16,17);1H/t10-,11+,13-;. The minimum atomic E-state index is -0.932. The molecule has 1 aliphatic heterocycles. The normalized spacial score (nSPS) is 32.2. The molecular weight excluding hydrogens is 252 g/mol. The second-order valence-corrected chi connectivity index (χ2v) is 4.94. The number of amides is 1. The van der Waals surface area contributed by atoms with Gasteiger partial charge in [0.25, 0.3) is 0 Å². The smallest absolute Gasteiger partial charge is 0.404 e. The van der Waals surface area contributed by atoms with E-state index in [0.29, 0.717) is 18.4 Å². The third-order valence-corrected chi connectivity index (χ3v) is 4.27. The largest absolute Gasteiger partial charge is 0.465 e. The number of hydrogen-bond donors (Lipinski definition) is 3. The fourth-order valence-electron chi connectivity index (χ4n) is 3.41. The molecule has 1 saturated heterocycles. The Kier molecular flexibility index (Phi) is 3.50. The van der Waals surface area contributed by atoms with E-state index in [1.165, 1.54) is 5.56 Å². The highest BCUT2D eigenvalue weighted by Crippen LogP contribution is 2.61. The molecule has 5 heteroatoms. The second-order valence-electron chi connectivity index (χ2n) is 4.94. The summed E-state index contributed by atoms with van der Waals surface area (Å²) in [6.45, 7) is 2.53. The maximum atomic E-state index is 10.7. The number of hydrogen-bond acceptors (Lipinski definition) is 2. The SMILES string of the molecule is Cl.O=C(O)NC[C@@]1(c2ccccc2)[C@@H]2CNC[C@@H]21. The zero-order chi connectivity index (χ0) is 11.9. The molecular formula is C13H17ClN2O2. The molecule has 1 amide bonds. The van der Waals surface area contributed by atoms with Crippen LogP contribution in [0.3, 0.4) is 0 Å². The lowest BCUT2D eigenvalue weighted by Gasteiger charge is -2.21. The molecule has 1 aromatic carbocycles. The van der Waals surface area contributed by atoms with Crippen LogP contribution in [0, 0.1) is 11.8 Å². The fraction of sp³-hybridized carbons (Fsp3) is 0.462. The first-order valence-electron chi connectivity index (χ1n) is 5.98. The molecule has 0 aromatic heterocycles. The molecule has 4 nitrogen and oxygen atoms in total. The predicted octanol–water partition coefficient (Wildman–Crippen LogP) is 1.46. The maximum Gasteiger partial charge on any atom is 0.404 e. The van der Waals surface area contributed by atoms with Crippen LogP contribution in [0.4, 0.5) is 4.79 Å². The van der Waals surface area contributed by atoms with Gasteiger partial charge in [-0.2, -0.15) is 0 Å². The van der Waals surface area contributed by atoms with Gasteiger partial charge < -0.3 is 15.7 Å². The molecule has 0 spiro atoms. The number of carbonyl (C=O) groups is 1. The molecule has 1 saturated carbocycles. The van der Waals surface area contributed by atoms with E-state index in [9.17, 15) is 4.79 Å². The van der Waals surface area contributed by atoms with Gasteiger partial charge in [0, 0.05) is 12.0 Å². The van der Waals surface area contributed by atoms with Gasteiger partial charge in [0.1, 0.15) is 0 Å². The molecule has 0 bridgehead atoms. The maximum absolute atomic E-state index is 10.7. The fourth-order valence-corrected chi connectivity index (χ4v) is 3.41. The van der Waals surface area contributed by atoms with Crippen molar-refractivity contribution in [3.8, 4) is 0 Å². The molecule has 2 aliphatic rings. The van der Waals surface area contributed by atoms with E-state index < -0.39 is 6.09 Å². The van der Waals surface area contributed by atoms with Crippen LogP contribution >= 0.6 is 12.4 Å². The minimum absolute atomic E-state index is 0. The Hall–Kier alpha value is -1.26. The van der Waals surface area contributed by atoms with Crippen LogP contribution in [0.25, 0.3) is 0 Å². The molecule has 1 aromatic rings. The van der Waals surface area contributed by atoms with Gasteiger partial charge in [-0.3, -0.25) is 0 Å². The lowest BCUT2D eigenvalue weighted by Crippen LogP contribution is -2.37. The summed E-state index contributed by atoms with van der Waals surface area (Å²) in [6.07, 6.45) is -0.932. The quantitative estimate of drug-likeness (QED) is 0.778. The van der Waals surface area contributed by atoms with Crippen molar-refractivity contribution in [2.75, 3.05) is 19.6 Å². The summed E-state index contributed by atoms with van der Waals surface area (Å²) in [6, 6.07) is 10.3. The van der Waals surface area contributed by atoms with E-state index in [0.717, 1.165) is 13.1 Å². The highest BCUT2D eigenvalue weighted by Gasteiger charge is 2.66. The van der Waals surface area contributed by atoms with E-state index >= 15 is 0 Å². The van der Waals surface area contributed by atoms with Gasteiger partial charge in [-0.1, -0.05) is 30.3 Å². The minimum Gasteiger partial charge on any atom is -0.465 e. The van der Waals surface area contributed by atoms with Crippen LogP contribution in [-0.2, 0) is 5.41 Å². The van der Waals surface area contributed by atoms with Crippen molar-refractivity contribution < 1.29 is 9.90 Å². The first kappa shape index (κ1) is 13.2. The summed E-state index contributed by atoms with van der Waals surface area (Å²) in [5.74, 6) is 1.16. The van der Waals surface area contributed by atoms with Crippen LogP contribution in [0.2, 0.25) is 0 Å². The zero-order valence-electron chi connectivity index (χ0n) is 9.93. The summed E-state index contributed by atoms with van der Waals surface area (Å²) in [7, 11) is 0. The van der Waals surface area contributed by atoms with E-state index in [1.54, 1.807) is 0 Å². The van der Waals surface area contributed by atoms with E-state index in [2.05, 4.69) is 22.8 Å². The molecule has 2 fully saturated rings. The number of benzene rings is 1. The number of rotatable bonds is 3. The monoisotopic (exact) mass is 268 g/mol. The average Bonchev–Trinajstić information content (AvgIpc) is 2.72. The molecule has 1 heterocycles. The predicted molar refractivity (Wildman–Crippen MR) is 71.2 cm³/mol. The van der Waals surface area contributed by atoms with E-state index in [-0.39, 0.29) is 17.8 Å². The molecule has 3 N–H and O–H groups in total. The number of nitrogens with one attached hydrogen (secondary N) is 2. The summed E-state index contributed by atoms with van der Waals surface area (Å²) >= 11 is 0. The van der Waals surface area contributed by atoms with Gasteiger partial charge in [-0.05, 0) is 30.5 Å². The van der Waals surface area contributed by atoms with Crippen molar-refractivity contribution in [2.24, 2.45) is 11.8 Å². The molecule has 3 atom stereocenters. The van der Waals surface area contributed by atoms with Crippen LogP contribution in [0.15, 0.2) is 30.3 Å². The van der Waals surface area contributed by atoms with Crippen molar-refractivity contribution in [2.45, 2.75) is 5.41 Å². The highest BCUT2D eigenvalue weighted by atomic mass is 35.5. The third kappa shape index (κ3) is 1.85. The first-order valence-corrected chi connectivity index (χ1v) is 5.98. The number of carboxylic acid groups (broad SMARTS) is 1. The Bertz CT molecular complexity index is 428. The molecule has 0 radical (unpaired) electrons. The lowest BCUT2D eigenvalue weighted by atomic mass is 9.90. The molecule has 3 rings (SSSR count). The number of halogens is 1. The average molecular weight is 269 g/mol. The Balaban J connectivity index is 0.00000120. The van der Waals surface area contributed by atoms with E-state index in [4.69, 9.17) is 5.11 Å². The van der Waals surface area contributed by atoms with Crippen LogP contribution < -0.4 is 10.6 Å². The Morgan fingerprint density at radius 1 is 1.33 bits per heavy atom. The number of piperidine rings is 1. The summed E-state index contributed by atoms with van der Waals surface area (Å²) in [4.78, 5) is 10.7. The summed E-state index contributed by atoms with van der Waals surface area (Å²) in [5, 5.41) is 14.7. The van der Waals surface area contributed by atoms with Crippen LogP contribution in [0.1, 0.15) is 5.56 Å². The van der Waals surface area contributed by atoms with Crippen LogP contribution in [0.5, 0.6) is 0 Å². The van der Waals surface area contributed by atoms with Gasteiger partial charge in [0.2, 0.25) is 0 Å². The zero-order valence-corrected chi connectivity index (χ0v) is 10.7. The van der Waals surface area contributed by atoms with E-state index in [1.807, 2.05) is 18.2 Å². The van der Waals surface area contributed by atoms with Crippen molar-refractivity contribution in [1.29, 1.82) is 0 Å². The Labute approximate surface area is 112 Å². The third-order valence-electron chi connectivity index (χ3n) is 4.27. The molecule has 1 aliphatic carbocycles. The van der Waals surface area contributed by atoms with Crippen molar-refractivity contribution >= 4 is 18.5 Å². The lowest BCUT2D eigenvalue weighted by molar-refractivity contribution is 0.192. The Morgan fingerprint density at radius 3 is 2.50 bits per heavy atom. The van der Waals surface area contributed by atoms with Gasteiger partial charge in [-0.25, -0.2) is 4.79 Å². The van der Waals surface area contributed by atoms with Crippen LogP contribution in [-0.4, -0.2) is 30.8 Å². The van der Waals surface area contributed by atoms with Crippen molar-refractivity contribution in [3.63, 3.8) is 0 Å². The van der Waals surface area contributed by atoms with Gasteiger partial charge in [-0.15, -0.1) is 12.4 Å². The van der Waals surface area contributed by atoms with Crippen molar-refractivity contribution in [3.05, 3.63) is 35.9 Å². The molecule has 18 heavy (non-hydrogen) atoms. The topological polar surface area (TPSA) is 61.4 Å². The summed E-state index contributed by atoms with van der Waals surface area (Å²) < 4.78 is 0. The second kappa shape index (κ2) is 4.78. The Morgan fingerprint density at radius 2 is 1.94 bits per heavy atom. The molecule has 0 unspecified atom stereocenters. The molecule has 98 valence electrons.